The van der Waals surface area contributed by atoms with Gasteiger partial charge in [0, 0.05) is 12.7 Å². The van der Waals surface area contributed by atoms with Crippen molar-refractivity contribution >= 4 is 11.8 Å². The van der Waals surface area contributed by atoms with E-state index in [2.05, 4.69) is 11.8 Å². The Morgan fingerprint density at radius 2 is 2.30 bits per heavy atom. The third-order valence-corrected chi connectivity index (χ3v) is 1.67. The molecule has 0 spiro atoms. The molecule has 0 aromatic carbocycles. The molecule has 1 atom stereocenters. The summed E-state index contributed by atoms with van der Waals surface area (Å²) in [4.78, 5) is 2.08. The highest BCUT2D eigenvalue weighted by Gasteiger charge is 1.98. The zero-order valence-electron chi connectivity index (χ0n) is 6.87. The molecule has 0 amide bonds. The van der Waals surface area contributed by atoms with Crippen molar-refractivity contribution in [1.29, 1.82) is 0 Å². The van der Waals surface area contributed by atoms with Crippen molar-refractivity contribution < 1.29 is 0 Å². The Kier molecular flexibility index (Phi) is 5.54. The lowest BCUT2D eigenvalue weighted by Gasteiger charge is -2.22. The van der Waals surface area contributed by atoms with E-state index in [-0.39, 0.29) is 6.17 Å². The van der Waals surface area contributed by atoms with Crippen LogP contribution >= 0.6 is 11.8 Å². The molecule has 0 radical (unpaired) electrons. The minimum Gasteiger partial charge on any atom is -0.362 e. The highest BCUT2D eigenvalue weighted by atomic mass is 32.2. The van der Waals surface area contributed by atoms with Crippen LogP contribution in [0.25, 0.3) is 0 Å². The Morgan fingerprint density at radius 3 is 2.60 bits per heavy atom. The monoisotopic (exact) mass is 160 g/mol. The molecular weight excluding hydrogens is 144 g/mol. The van der Waals surface area contributed by atoms with Crippen molar-refractivity contribution in [3.63, 3.8) is 0 Å². The van der Waals surface area contributed by atoms with Crippen molar-refractivity contribution in [3.8, 4) is 0 Å². The second-order valence-corrected chi connectivity index (χ2v) is 2.84. The Bertz CT molecular complexity index is 102. The Morgan fingerprint density at radius 1 is 1.70 bits per heavy atom. The molecule has 3 heteroatoms. The van der Waals surface area contributed by atoms with E-state index in [9.17, 15) is 0 Å². The predicted molar refractivity (Wildman–Crippen MR) is 48.7 cm³/mol. The lowest BCUT2D eigenvalue weighted by molar-refractivity contribution is 0.315. The Labute approximate surface area is 67.5 Å². The molecule has 0 aliphatic rings. The van der Waals surface area contributed by atoms with Gasteiger partial charge in [0.1, 0.15) is 0 Å². The van der Waals surface area contributed by atoms with E-state index >= 15 is 0 Å². The van der Waals surface area contributed by atoms with Gasteiger partial charge in [0.25, 0.3) is 0 Å². The van der Waals surface area contributed by atoms with E-state index in [0.29, 0.717) is 0 Å². The summed E-state index contributed by atoms with van der Waals surface area (Å²) in [5.74, 6) is 0. The second-order valence-electron chi connectivity index (χ2n) is 2.09. The average Bonchev–Trinajstić information content (AvgIpc) is 1.89. The maximum absolute atomic E-state index is 5.65. The summed E-state index contributed by atoms with van der Waals surface area (Å²) in [6, 6.07) is 0. The van der Waals surface area contributed by atoms with E-state index in [1.54, 1.807) is 11.8 Å². The van der Waals surface area contributed by atoms with Crippen molar-refractivity contribution in [2.45, 2.75) is 20.0 Å². The Balaban J connectivity index is 3.71. The molecule has 0 heterocycles. The van der Waals surface area contributed by atoms with Gasteiger partial charge in [-0.25, -0.2) is 0 Å². The fraction of sp³-hybridized carbons (Fsp3) is 0.714. The third kappa shape index (κ3) is 3.80. The van der Waals surface area contributed by atoms with Crippen LogP contribution < -0.4 is 5.73 Å². The summed E-state index contributed by atoms with van der Waals surface area (Å²) in [5, 5.41) is 2.03. The van der Waals surface area contributed by atoms with Gasteiger partial charge in [-0.15, -0.1) is 11.8 Å². The number of nitrogens with zero attached hydrogens (tertiary/aromatic N) is 1. The molecule has 0 saturated carbocycles. The summed E-state index contributed by atoms with van der Waals surface area (Å²) in [5.41, 5.74) is 5.65. The summed E-state index contributed by atoms with van der Waals surface area (Å²) >= 11 is 1.68. The molecular formula is C7H16N2S. The number of rotatable bonds is 4. The SMILES string of the molecule is CCN(C=CSC)C(C)N. The van der Waals surface area contributed by atoms with Crippen LogP contribution in [0.2, 0.25) is 0 Å². The maximum atomic E-state index is 5.65. The molecule has 0 aromatic heterocycles. The summed E-state index contributed by atoms with van der Waals surface area (Å²) < 4.78 is 0. The third-order valence-electron chi connectivity index (χ3n) is 1.28. The zero-order chi connectivity index (χ0) is 7.98. The molecule has 0 aromatic rings. The minimum absolute atomic E-state index is 0.119. The van der Waals surface area contributed by atoms with Crippen molar-refractivity contribution in [2.24, 2.45) is 5.73 Å². The zero-order valence-corrected chi connectivity index (χ0v) is 7.69. The number of hydrogen-bond donors (Lipinski definition) is 1. The van der Waals surface area contributed by atoms with Gasteiger partial charge in [-0.2, -0.15) is 0 Å². The van der Waals surface area contributed by atoms with Crippen molar-refractivity contribution in [2.75, 3.05) is 12.8 Å². The van der Waals surface area contributed by atoms with E-state index in [4.69, 9.17) is 5.73 Å². The number of thioether (sulfide) groups is 1. The first-order valence-corrected chi connectivity index (χ1v) is 4.72. The lowest BCUT2D eigenvalue weighted by atomic mass is 10.5. The fourth-order valence-corrected chi connectivity index (χ4v) is 0.946. The van der Waals surface area contributed by atoms with Gasteiger partial charge in [-0.05, 0) is 25.5 Å². The van der Waals surface area contributed by atoms with Gasteiger partial charge in [0.15, 0.2) is 0 Å². The standard InChI is InChI=1S/C7H16N2S/c1-4-9(7(2)8)5-6-10-3/h5-7H,4,8H2,1-3H3. The first-order valence-electron chi connectivity index (χ1n) is 3.43. The summed E-state index contributed by atoms with van der Waals surface area (Å²) in [7, 11) is 0. The van der Waals surface area contributed by atoms with E-state index < -0.39 is 0 Å². The van der Waals surface area contributed by atoms with E-state index in [1.165, 1.54) is 0 Å². The van der Waals surface area contributed by atoms with Gasteiger partial charge in [-0.1, -0.05) is 0 Å². The first kappa shape index (κ1) is 9.85. The molecule has 0 fully saturated rings. The smallest absolute Gasteiger partial charge is 0.0736 e. The largest absolute Gasteiger partial charge is 0.362 e. The van der Waals surface area contributed by atoms with Crippen molar-refractivity contribution in [3.05, 3.63) is 11.6 Å². The van der Waals surface area contributed by atoms with E-state index in [1.807, 2.05) is 24.8 Å². The molecule has 2 nitrogen and oxygen atoms in total. The van der Waals surface area contributed by atoms with Gasteiger partial charge in [0.05, 0.1) is 6.17 Å². The van der Waals surface area contributed by atoms with Gasteiger partial charge in [-0.3, -0.25) is 0 Å². The normalized spacial score (nSPS) is 14.0. The molecule has 1 unspecified atom stereocenters. The predicted octanol–water partition coefficient (Wildman–Crippen LogP) is 1.45. The van der Waals surface area contributed by atoms with Crippen LogP contribution in [0, 0.1) is 0 Å². The van der Waals surface area contributed by atoms with Crippen LogP contribution in [0.5, 0.6) is 0 Å². The minimum atomic E-state index is 0.119. The van der Waals surface area contributed by atoms with Gasteiger partial charge >= 0.3 is 0 Å². The molecule has 0 aliphatic carbocycles. The molecule has 0 bridgehead atoms. The summed E-state index contributed by atoms with van der Waals surface area (Å²) in [6.45, 7) is 5.04. The molecule has 0 rings (SSSR count). The van der Waals surface area contributed by atoms with Gasteiger partial charge < -0.3 is 10.6 Å². The van der Waals surface area contributed by atoms with Crippen LogP contribution in [0.1, 0.15) is 13.8 Å². The molecule has 0 aliphatic heterocycles. The second kappa shape index (κ2) is 5.62. The molecule has 10 heavy (non-hydrogen) atoms. The molecule has 2 N–H and O–H groups in total. The van der Waals surface area contributed by atoms with Crippen LogP contribution in [0.4, 0.5) is 0 Å². The number of hydrogen-bond acceptors (Lipinski definition) is 3. The maximum Gasteiger partial charge on any atom is 0.0736 e. The molecule has 60 valence electrons. The Hall–Kier alpha value is -0.150. The fourth-order valence-electron chi connectivity index (χ4n) is 0.668. The highest BCUT2D eigenvalue weighted by Crippen LogP contribution is 1.98. The molecule has 0 saturated heterocycles. The van der Waals surface area contributed by atoms with Crippen LogP contribution in [-0.4, -0.2) is 23.9 Å². The summed E-state index contributed by atoms with van der Waals surface area (Å²) in [6.07, 6.45) is 4.18. The van der Waals surface area contributed by atoms with Gasteiger partial charge in [0.2, 0.25) is 0 Å². The average molecular weight is 160 g/mol. The quantitative estimate of drug-likeness (QED) is 0.631. The van der Waals surface area contributed by atoms with Crippen molar-refractivity contribution in [1.82, 2.24) is 4.90 Å². The number of nitrogens with two attached hydrogens (primary N) is 1. The van der Waals surface area contributed by atoms with Crippen LogP contribution in [-0.2, 0) is 0 Å². The first-order chi connectivity index (χ1) is 4.72. The van der Waals surface area contributed by atoms with Crippen LogP contribution in [0.15, 0.2) is 11.6 Å². The van der Waals surface area contributed by atoms with Crippen LogP contribution in [0.3, 0.4) is 0 Å². The topological polar surface area (TPSA) is 29.3 Å². The lowest BCUT2D eigenvalue weighted by Crippen LogP contribution is -2.35. The highest BCUT2D eigenvalue weighted by molar-refractivity contribution is 8.01. The van der Waals surface area contributed by atoms with E-state index in [0.717, 1.165) is 6.54 Å².